The summed E-state index contributed by atoms with van der Waals surface area (Å²) in [4.78, 5) is 27.2. The van der Waals surface area contributed by atoms with E-state index in [1.165, 1.54) is 18.2 Å². The summed E-state index contributed by atoms with van der Waals surface area (Å²) >= 11 is 11.6. The Morgan fingerprint density at radius 1 is 1.10 bits per heavy atom. The van der Waals surface area contributed by atoms with Crippen molar-refractivity contribution in [3.05, 3.63) is 57.8 Å². The van der Waals surface area contributed by atoms with E-state index in [1.54, 1.807) is 18.2 Å². The second kappa shape index (κ2) is 5.90. The van der Waals surface area contributed by atoms with Gasteiger partial charge in [0.2, 0.25) is 0 Å². The highest BCUT2D eigenvalue weighted by molar-refractivity contribution is 6.35. The van der Waals surface area contributed by atoms with Crippen molar-refractivity contribution in [1.29, 1.82) is 0 Å². The van der Waals surface area contributed by atoms with Gasteiger partial charge >= 0.3 is 0 Å². The Bertz CT molecular complexity index is 689. The Labute approximate surface area is 124 Å². The normalized spacial score (nSPS) is 10.1. The first-order valence-corrected chi connectivity index (χ1v) is 6.27. The zero-order chi connectivity index (χ0) is 14.7. The number of benzene rings is 1. The Morgan fingerprint density at radius 3 is 2.50 bits per heavy atom. The van der Waals surface area contributed by atoms with Gasteiger partial charge in [-0.05, 0) is 24.3 Å². The molecular formula is C13H9Cl2N3O2. The molecule has 3 N–H and O–H groups in total. The van der Waals surface area contributed by atoms with Gasteiger partial charge in [0, 0.05) is 0 Å². The summed E-state index contributed by atoms with van der Waals surface area (Å²) in [7, 11) is 0. The summed E-state index contributed by atoms with van der Waals surface area (Å²) in [6, 6.07) is 9.29. The number of hydrogen-bond acceptors (Lipinski definition) is 3. The fourth-order valence-corrected chi connectivity index (χ4v) is 1.90. The third-order valence-electron chi connectivity index (χ3n) is 2.47. The van der Waals surface area contributed by atoms with Crippen LogP contribution in [-0.2, 0) is 0 Å². The van der Waals surface area contributed by atoms with Crippen molar-refractivity contribution >= 4 is 40.7 Å². The van der Waals surface area contributed by atoms with Gasteiger partial charge in [0.1, 0.15) is 10.8 Å². The van der Waals surface area contributed by atoms with E-state index in [4.69, 9.17) is 28.9 Å². The van der Waals surface area contributed by atoms with Crippen molar-refractivity contribution in [3.63, 3.8) is 0 Å². The molecule has 20 heavy (non-hydrogen) atoms. The Hall–Kier alpha value is -2.11. The molecule has 0 saturated carbocycles. The Balaban J connectivity index is 2.33. The van der Waals surface area contributed by atoms with Crippen LogP contribution in [-0.4, -0.2) is 16.8 Å². The number of amides is 2. The number of nitrogens with two attached hydrogens (primary N) is 1. The van der Waals surface area contributed by atoms with E-state index in [-0.39, 0.29) is 27.1 Å². The van der Waals surface area contributed by atoms with Gasteiger partial charge in [0.05, 0.1) is 16.3 Å². The van der Waals surface area contributed by atoms with Crippen molar-refractivity contribution in [1.82, 2.24) is 4.98 Å². The van der Waals surface area contributed by atoms with Crippen LogP contribution in [0.1, 0.15) is 20.8 Å². The minimum absolute atomic E-state index is 0.0292. The van der Waals surface area contributed by atoms with Crippen molar-refractivity contribution in [2.75, 3.05) is 5.32 Å². The van der Waals surface area contributed by atoms with Gasteiger partial charge in [-0.2, -0.15) is 0 Å². The van der Waals surface area contributed by atoms with Crippen LogP contribution in [0.3, 0.4) is 0 Å². The lowest BCUT2D eigenvalue weighted by Gasteiger charge is -2.09. The Morgan fingerprint density at radius 2 is 1.80 bits per heavy atom. The molecule has 0 radical (unpaired) electrons. The summed E-state index contributed by atoms with van der Waals surface area (Å²) in [5.74, 6) is -1.22. The number of anilines is 1. The van der Waals surface area contributed by atoms with Crippen LogP contribution in [0.25, 0.3) is 0 Å². The van der Waals surface area contributed by atoms with Gasteiger partial charge in [0.15, 0.2) is 0 Å². The zero-order valence-corrected chi connectivity index (χ0v) is 11.6. The van der Waals surface area contributed by atoms with Crippen LogP contribution in [0, 0.1) is 0 Å². The third-order valence-corrected chi connectivity index (χ3v) is 2.98. The monoisotopic (exact) mass is 309 g/mol. The maximum atomic E-state index is 12.1. The number of rotatable bonds is 3. The summed E-state index contributed by atoms with van der Waals surface area (Å²) in [5, 5.41) is 2.83. The fourth-order valence-electron chi connectivity index (χ4n) is 1.57. The largest absolute Gasteiger partial charge is 0.366 e. The van der Waals surface area contributed by atoms with Crippen molar-refractivity contribution in [3.8, 4) is 0 Å². The maximum Gasteiger partial charge on any atom is 0.275 e. The van der Waals surface area contributed by atoms with E-state index in [9.17, 15) is 9.59 Å². The van der Waals surface area contributed by atoms with Gasteiger partial charge in [-0.25, -0.2) is 4.98 Å². The number of para-hydroxylation sites is 1. The highest BCUT2D eigenvalue weighted by Gasteiger charge is 2.16. The molecule has 1 aromatic heterocycles. The molecule has 0 saturated heterocycles. The van der Waals surface area contributed by atoms with E-state index in [0.717, 1.165) is 0 Å². The minimum atomic E-state index is -0.647. The first-order valence-electron chi connectivity index (χ1n) is 5.51. The molecule has 0 aliphatic carbocycles. The first-order chi connectivity index (χ1) is 9.49. The van der Waals surface area contributed by atoms with Crippen LogP contribution < -0.4 is 11.1 Å². The summed E-state index contributed by atoms with van der Waals surface area (Å²) < 4.78 is 0. The highest BCUT2D eigenvalue weighted by Crippen LogP contribution is 2.20. The van der Waals surface area contributed by atoms with Gasteiger partial charge < -0.3 is 11.1 Å². The van der Waals surface area contributed by atoms with Gasteiger partial charge in [0.25, 0.3) is 11.8 Å². The summed E-state index contributed by atoms with van der Waals surface area (Å²) in [5.41, 5.74) is 5.67. The molecule has 102 valence electrons. The van der Waals surface area contributed by atoms with E-state index in [1.807, 2.05) is 0 Å². The maximum absolute atomic E-state index is 12.1. The average molecular weight is 310 g/mol. The average Bonchev–Trinajstić information content (AvgIpc) is 2.41. The molecule has 2 amide bonds. The molecule has 0 aliphatic heterocycles. The van der Waals surface area contributed by atoms with Crippen LogP contribution in [0.4, 0.5) is 5.69 Å². The Kier molecular flexibility index (Phi) is 4.22. The smallest absolute Gasteiger partial charge is 0.275 e. The lowest BCUT2D eigenvalue weighted by atomic mass is 10.1. The minimum Gasteiger partial charge on any atom is -0.366 e. The molecule has 2 rings (SSSR count). The highest BCUT2D eigenvalue weighted by atomic mass is 35.5. The number of nitrogens with zero attached hydrogens (tertiary/aromatic N) is 1. The topological polar surface area (TPSA) is 85.1 Å². The molecule has 1 aromatic carbocycles. The molecule has 0 fully saturated rings. The molecule has 0 unspecified atom stereocenters. The number of pyridine rings is 1. The molecule has 0 atom stereocenters. The lowest BCUT2D eigenvalue weighted by Crippen LogP contribution is -2.19. The molecule has 7 heteroatoms. The van der Waals surface area contributed by atoms with Gasteiger partial charge in [-0.1, -0.05) is 35.3 Å². The number of halogens is 2. The number of aromatic nitrogens is 1. The molecule has 1 heterocycles. The van der Waals surface area contributed by atoms with Crippen molar-refractivity contribution in [2.45, 2.75) is 0 Å². The zero-order valence-electron chi connectivity index (χ0n) is 10.1. The van der Waals surface area contributed by atoms with Crippen LogP contribution >= 0.6 is 23.2 Å². The molecule has 2 aromatic rings. The number of carbonyl (C=O) groups is 2. The second-order valence-electron chi connectivity index (χ2n) is 3.83. The number of carbonyl (C=O) groups excluding carboxylic acids is 2. The van der Waals surface area contributed by atoms with Crippen molar-refractivity contribution < 1.29 is 9.59 Å². The molecule has 5 nitrogen and oxygen atoms in total. The number of nitrogens with one attached hydrogen (secondary N) is 1. The fraction of sp³-hybridized carbons (Fsp3) is 0. The lowest BCUT2D eigenvalue weighted by molar-refractivity contribution is 0.100. The summed E-state index contributed by atoms with van der Waals surface area (Å²) in [6.45, 7) is 0. The van der Waals surface area contributed by atoms with E-state index in [0.29, 0.717) is 0 Å². The van der Waals surface area contributed by atoms with Crippen LogP contribution in [0.2, 0.25) is 10.2 Å². The second-order valence-corrected chi connectivity index (χ2v) is 4.62. The molecular weight excluding hydrogens is 301 g/mol. The first kappa shape index (κ1) is 14.3. The number of hydrogen-bond donors (Lipinski definition) is 2. The molecule has 0 aliphatic rings. The van der Waals surface area contributed by atoms with E-state index in [2.05, 4.69) is 10.3 Å². The number of primary amides is 1. The van der Waals surface area contributed by atoms with E-state index < -0.39 is 11.8 Å². The predicted octanol–water partition coefficient (Wildman–Crippen LogP) is 2.74. The van der Waals surface area contributed by atoms with Crippen molar-refractivity contribution in [2.24, 2.45) is 5.73 Å². The molecule has 0 bridgehead atoms. The third kappa shape index (κ3) is 3.07. The quantitative estimate of drug-likeness (QED) is 0.855. The standard InChI is InChI=1S/C13H9Cl2N3O2/c14-8-5-6-10(15)18-11(8)13(20)17-9-4-2-1-3-7(9)12(16)19/h1-6H,(H2,16,19)(H,17,20). The van der Waals surface area contributed by atoms with Crippen LogP contribution in [0.15, 0.2) is 36.4 Å². The van der Waals surface area contributed by atoms with Crippen LogP contribution in [0.5, 0.6) is 0 Å². The summed E-state index contributed by atoms with van der Waals surface area (Å²) in [6.07, 6.45) is 0. The van der Waals surface area contributed by atoms with E-state index >= 15 is 0 Å². The SMILES string of the molecule is NC(=O)c1ccccc1NC(=O)c1nc(Cl)ccc1Cl. The van der Waals surface area contributed by atoms with Gasteiger partial charge in [-0.15, -0.1) is 0 Å². The van der Waals surface area contributed by atoms with Gasteiger partial charge in [-0.3, -0.25) is 9.59 Å². The molecule has 0 spiro atoms. The predicted molar refractivity (Wildman–Crippen MR) is 77.2 cm³/mol.